The zero-order valence-corrected chi connectivity index (χ0v) is 14.8. The van der Waals surface area contributed by atoms with E-state index in [0.717, 1.165) is 30.3 Å². The van der Waals surface area contributed by atoms with E-state index < -0.39 is 50.2 Å². The molecule has 0 radical (unpaired) electrons. The van der Waals surface area contributed by atoms with Crippen LogP contribution in [0.2, 0.25) is 0 Å². The molecule has 0 spiro atoms. The number of anilines is 1. The molecule has 1 amide bonds. The maximum Gasteiger partial charge on any atom is 0.244 e. The molecule has 0 bridgehead atoms. The number of amides is 1. The van der Waals surface area contributed by atoms with Crippen LogP contribution in [-0.4, -0.2) is 20.4 Å². The number of sulfonamides is 1. The van der Waals surface area contributed by atoms with Crippen molar-refractivity contribution in [2.75, 3.05) is 5.32 Å². The van der Waals surface area contributed by atoms with Crippen LogP contribution >= 0.6 is 0 Å². The number of halogens is 3. The van der Waals surface area contributed by atoms with Gasteiger partial charge in [0.1, 0.15) is 16.8 Å². The monoisotopic (exact) mass is 386 g/mol. The van der Waals surface area contributed by atoms with Gasteiger partial charge in [-0.25, -0.2) is 21.6 Å². The van der Waals surface area contributed by atoms with Gasteiger partial charge in [0.15, 0.2) is 11.6 Å². The number of hydrogen-bond acceptors (Lipinski definition) is 3. The molecule has 1 unspecified atom stereocenters. The highest BCUT2D eigenvalue weighted by molar-refractivity contribution is 7.89. The molecule has 0 saturated heterocycles. The summed E-state index contributed by atoms with van der Waals surface area (Å²) in [4.78, 5) is 11.8. The van der Waals surface area contributed by atoms with E-state index in [2.05, 4.69) is 10.0 Å². The van der Waals surface area contributed by atoms with Gasteiger partial charge in [0.25, 0.3) is 0 Å². The minimum absolute atomic E-state index is 0.0374. The summed E-state index contributed by atoms with van der Waals surface area (Å²) in [6, 6.07) is 6.23. The fourth-order valence-corrected chi connectivity index (χ4v) is 3.60. The zero-order chi connectivity index (χ0) is 19.5. The van der Waals surface area contributed by atoms with E-state index in [1.54, 1.807) is 13.8 Å². The Labute approximate surface area is 149 Å². The lowest BCUT2D eigenvalue weighted by Gasteiger charge is -2.22. The van der Waals surface area contributed by atoms with E-state index in [9.17, 15) is 26.4 Å². The molecule has 2 aromatic rings. The zero-order valence-electron chi connectivity index (χ0n) is 14.0. The van der Waals surface area contributed by atoms with Crippen molar-refractivity contribution in [1.82, 2.24) is 4.72 Å². The Balaban J connectivity index is 2.24. The topological polar surface area (TPSA) is 75.3 Å². The van der Waals surface area contributed by atoms with E-state index in [0.29, 0.717) is 0 Å². The second-order valence-electron chi connectivity index (χ2n) is 5.89. The first-order chi connectivity index (χ1) is 12.1. The number of rotatable bonds is 6. The first-order valence-corrected chi connectivity index (χ1v) is 9.13. The number of nitrogens with one attached hydrogen (secondary N) is 2. The molecule has 2 aromatic carbocycles. The minimum atomic E-state index is -4.31. The molecule has 0 aliphatic heterocycles. The Morgan fingerprint density at radius 1 is 0.962 bits per heavy atom. The molecule has 26 heavy (non-hydrogen) atoms. The second-order valence-corrected chi connectivity index (χ2v) is 7.57. The van der Waals surface area contributed by atoms with Crippen LogP contribution in [0.15, 0.2) is 47.4 Å². The fourth-order valence-electron chi connectivity index (χ4n) is 2.18. The van der Waals surface area contributed by atoms with Crippen molar-refractivity contribution in [3.05, 3.63) is 59.9 Å². The van der Waals surface area contributed by atoms with Gasteiger partial charge in [0.05, 0.1) is 0 Å². The third kappa shape index (κ3) is 4.61. The Hall–Kier alpha value is -2.39. The quantitative estimate of drug-likeness (QED) is 0.801. The van der Waals surface area contributed by atoms with E-state index in [1.165, 1.54) is 12.1 Å². The van der Waals surface area contributed by atoms with Crippen molar-refractivity contribution in [3.8, 4) is 0 Å². The van der Waals surface area contributed by atoms with E-state index in [4.69, 9.17) is 0 Å². The van der Waals surface area contributed by atoms with Gasteiger partial charge >= 0.3 is 0 Å². The smallest absolute Gasteiger partial charge is 0.244 e. The summed E-state index contributed by atoms with van der Waals surface area (Å²) in [7, 11) is -4.31. The van der Waals surface area contributed by atoms with E-state index >= 15 is 0 Å². The normalized spacial score (nSPS) is 12.8. The fraction of sp³-hybridized carbons (Fsp3) is 0.235. The van der Waals surface area contributed by atoms with Crippen molar-refractivity contribution in [2.45, 2.75) is 24.8 Å². The summed E-state index contributed by atoms with van der Waals surface area (Å²) in [6.07, 6.45) is 0. The molecule has 140 valence electrons. The molecule has 0 heterocycles. The van der Waals surface area contributed by atoms with Crippen molar-refractivity contribution in [1.29, 1.82) is 0 Å². The Kier molecular flexibility index (Phi) is 6.04. The maximum atomic E-state index is 13.8. The average molecular weight is 386 g/mol. The molecule has 0 saturated carbocycles. The average Bonchev–Trinajstić information content (AvgIpc) is 2.56. The molecule has 5 nitrogen and oxygen atoms in total. The molecule has 0 aromatic heterocycles. The first-order valence-electron chi connectivity index (χ1n) is 7.64. The highest BCUT2D eigenvalue weighted by atomic mass is 32.2. The third-order valence-corrected chi connectivity index (χ3v) is 5.02. The van der Waals surface area contributed by atoms with Crippen LogP contribution in [-0.2, 0) is 14.8 Å². The standard InChI is InChI=1S/C17H17F3N2O3S/c1-10(2)16(17(23)21-11-7-8-12(18)14(20)9-11)22-26(24,25)15-6-4-3-5-13(15)19/h3-10,16,22H,1-2H3,(H,21,23). The summed E-state index contributed by atoms with van der Waals surface area (Å²) in [6.45, 7) is 3.17. The molecule has 9 heteroatoms. The van der Waals surface area contributed by atoms with E-state index in [-0.39, 0.29) is 5.69 Å². The minimum Gasteiger partial charge on any atom is -0.325 e. The summed E-state index contributed by atoms with van der Waals surface area (Å²) in [5.74, 6) is -4.48. The summed E-state index contributed by atoms with van der Waals surface area (Å²) in [5.41, 5.74) is -0.0374. The maximum absolute atomic E-state index is 13.8. The summed E-state index contributed by atoms with van der Waals surface area (Å²) in [5, 5.41) is 2.31. The molecule has 2 N–H and O–H groups in total. The van der Waals surface area contributed by atoms with Gasteiger partial charge in [-0.05, 0) is 30.2 Å². The Bertz CT molecular complexity index is 917. The highest BCUT2D eigenvalue weighted by Crippen LogP contribution is 2.18. The Morgan fingerprint density at radius 2 is 1.62 bits per heavy atom. The lowest BCUT2D eigenvalue weighted by atomic mass is 10.0. The van der Waals surface area contributed by atoms with Gasteiger partial charge in [0, 0.05) is 11.8 Å². The number of carbonyl (C=O) groups is 1. The summed E-state index contributed by atoms with van der Waals surface area (Å²) >= 11 is 0. The number of hydrogen-bond donors (Lipinski definition) is 2. The predicted octanol–water partition coefficient (Wildman–Crippen LogP) is 3.05. The van der Waals surface area contributed by atoms with Gasteiger partial charge in [-0.2, -0.15) is 4.72 Å². The van der Waals surface area contributed by atoms with Crippen LogP contribution in [0, 0.1) is 23.4 Å². The van der Waals surface area contributed by atoms with Crippen molar-refractivity contribution in [2.24, 2.45) is 5.92 Å². The molecule has 0 aliphatic carbocycles. The largest absolute Gasteiger partial charge is 0.325 e. The second kappa shape index (κ2) is 7.88. The van der Waals surface area contributed by atoms with Gasteiger partial charge in [-0.1, -0.05) is 26.0 Å². The van der Waals surface area contributed by atoms with Crippen LogP contribution in [0.3, 0.4) is 0 Å². The van der Waals surface area contributed by atoms with Crippen LogP contribution in [0.25, 0.3) is 0 Å². The number of carbonyl (C=O) groups excluding carboxylic acids is 1. The first kappa shape index (κ1) is 19.9. The van der Waals surface area contributed by atoms with Gasteiger partial charge in [0.2, 0.25) is 15.9 Å². The van der Waals surface area contributed by atoms with Gasteiger partial charge in [-0.15, -0.1) is 0 Å². The third-order valence-electron chi connectivity index (χ3n) is 3.54. The molecule has 1 atom stereocenters. The van der Waals surface area contributed by atoms with Crippen molar-refractivity contribution < 1.29 is 26.4 Å². The van der Waals surface area contributed by atoms with E-state index in [1.807, 2.05) is 0 Å². The molecular formula is C17H17F3N2O3S. The van der Waals surface area contributed by atoms with Crippen molar-refractivity contribution in [3.63, 3.8) is 0 Å². The highest BCUT2D eigenvalue weighted by Gasteiger charge is 2.30. The van der Waals surface area contributed by atoms with Crippen molar-refractivity contribution >= 4 is 21.6 Å². The Morgan fingerprint density at radius 3 is 2.19 bits per heavy atom. The predicted molar refractivity (Wildman–Crippen MR) is 90.3 cm³/mol. The molecule has 0 fully saturated rings. The molecular weight excluding hydrogens is 369 g/mol. The SMILES string of the molecule is CC(C)C(NS(=O)(=O)c1ccccc1F)C(=O)Nc1ccc(F)c(F)c1. The molecule has 0 aliphatic rings. The lowest BCUT2D eigenvalue weighted by molar-refractivity contribution is -0.118. The number of benzene rings is 2. The lowest BCUT2D eigenvalue weighted by Crippen LogP contribution is -2.47. The van der Waals surface area contributed by atoms with Crippen LogP contribution in [0.1, 0.15) is 13.8 Å². The van der Waals surface area contributed by atoms with Crippen LogP contribution in [0.5, 0.6) is 0 Å². The summed E-state index contributed by atoms with van der Waals surface area (Å²) < 4.78 is 66.9. The van der Waals surface area contributed by atoms with Gasteiger partial charge in [-0.3, -0.25) is 4.79 Å². The van der Waals surface area contributed by atoms with Crippen LogP contribution in [0.4, 0.5) is 18.9 Å². The van der Waals surface area contributed by atoms with Crippen LogP contribution < -0.4 is 10.0 Å². The van der Waals surface area contributed by atoms with Gasteiger partial charge < -0.3 is 5.32 Å². The molecule has 2 rings (SSSR count).